The minimum atomic E-state index is -0.699. The maximum Gasteiger partial charge on any atom is 0.334 e. The number of carbonyl (C=O) groups excluding carboxylic acids is 6. The molecule has 3 N–H and O–H groups in total. The van der Waals surface area contributed by atoms with Crippen molar-refractivity contribution in [3.63, 3.8) is 0 Å². The molecule has 2 aliphatic carbocycles. The number of barbiturate groups is 2. The van der Waals surface area contributed by atoms with Gasteiger partial charge in [0.25, 0.3) is 23.6 Å². The largest absolute Gasteiger partial charge is 0.507 e. The van der Waals surface area contributed by atoms with E-state index in [2.05, 4.69) is 5.32 Å². The van der Waals surface area contributed by atoms with Gasteiger partial charge in [-0.15, -0.1) is 0 Å². The molecule has 0 atom stereocenters. The smallest absolute Gasteiger partial charge is 0.334 e. The van der Waals surface area contributed by atoms with Gasteiger partial charge in [-0.05, 0) is 101 Å². The maximum absolute atomic E-state index is 13.8. The zero-order valence-corrected chi connectivity index (χ0v) is 42.0. The van der Waals surface area contributed by atoms with E-state index in [0.717, 1.165) is 97.8 Å². The number of nitrogens with zero attached hydrogens (tertiary/aromatic N) is 3. The first-order chi connectivity index (χ1) is 30.6. The SMILES string of the molecule is CC(C)(C)c1cc(C=C2C(=O)N(C3CCCCC3)C(=O)N(C3CCCCC3)C2=O)cc(C(C)(C)C)c1O.CCCCN1C(=O)NC(=O)/C(=C\c2cc(C(C)(C)C)c(O)c(C(C)(C)C)c2)C1=O. The zero-order chi connectivity index (χ0) is 49.3. The predicted octanol–water partition coefficient (Wildman–Crippen LogP) is 11.1. The molecule has 4 aliphatic rings. The Balaban J connectivity index is 0.000000256. The van der Waals surface area contributed by atoms with E-state index in [0.29, 0.717) is 17.5 Å². The van der Waals surface area contributed by atoms with Gasteiger partial charge in [-0.1, -0.05) is 135 Å². The molecule has 0 aromatic heterocycles. The Labute approximate surface area is 393 Å². The molecule has 2 aromatic rings. The van der Waals surface area contributed by atoms with Crippen LogP contribution < -0.4 is 5.32 Å². The molecule has 12 nitrogen and oxygen atoms in total. The number of hydrogen-bond acceptors (Lipinski definition) is 8. The summed E-state index contributed by atoms with van der Waals surface area (Å²) in [4.78, 5) is 82.5. The van der Waals surface area contributed by atoms with Crippen molar-refractivity contribution in [1.82, 2.24) is 20.0 Å². The average molecular weight is 909 g/mol. The molecule has 2 heterocycles. The van der Waals surface area contributed by atoms with Crippen LogP contribution in [0.3, 0.4) is 0 Å². The Bertz CT molecular complexity index is 2170. The third kappa shape index (κ3) is 11.5. The van der Waals surface area contributed by atoms with Crippen molar-refractivity contribution in [3.8, 4) is 11.5 Å². The van der Waals surface area contributed by atoms with Gasteiger partial charge in [0.15, 0.2) is 0 Å². The number of unbranched alkanes of at least 4 members (excludes halogenated alkanes) is 1. The summed E-state index contributed by atoms with van der Waals surface area (Å²) in [5.41, 5.74) is 2.99. The van der Waals surface area contributed by atoms with Crippen molar-refractivity contribution >= 4 is 47.8 Å². The number of rotatable bonds is 7. The molecule has 66 heavy (non-hydrogen) atoms. The van der Waals surface area contributed by atoms with E-state index < -0.39 is 35.7 Å². The highest BCUT2D eigenvalue weighted by atomic mass is 16.3. The van der Waals surface area contributed by atoms with Crippen LogP contribution in [-0.2, 0) is 40.8 Å². The van der Waals surface area contributed by atoms with Gasteiger partial charge in [0.1, 0.15) is 22.6 Å². The molecule has 6 rings (SSSR count). The lowest BCUT2D eigenvalue weighted by molar-refractivity contribution is -0.139. The predicted molar refractivity (Wildman–Crippen MR) is 260 cm³/mol. The van der Waals surface area contributed by atoms with Gasteiger partial charge in [-0.25, -0.2) is 9.59 Å². The fraction of sp³-hybridized carbons (Fsp3) is 0.593. The highest BCUT2D eigenvalue weighted by Crippen LogP contribution is 2.42. The standard InChI is InChI=1S/C31H44N2O4.C23H32N2O4/c1-30(2,3)24-18-20(19-25(26(24)34)31(4,5)6)17-23-27(35)32(21-13-9-7-10-14-21)29(37)33(28(23)36)22-15-11-8-12-16-22;1-8-9-10-25-20(28)15(19(27)24-21(25)29)11-14-12-16(22(2,3)4)18(26)17(13-14)23(5,6)7/h17-19,21-22,34H,7-16H2,1-6H3;11-13,26H,8-10H2,1-7H3,(H,24,27,29)/b;15-11+. The van der Waals surface area contributed by atoms with Crippen molar-refractivity contribution < 1.29 is 39.0 Å². The molecule has 8 amide bonds. The first-order valence-corrected chi connectivity index (χ1v) is 24.2. The number of hydrogen-bond donors (Lipinski definition) is 3. The highest BCUT2D eigenvalue weighted by Gasteiger charge is 2.48. The summed E-state index contributed by atoms with van der Waals surface area (Å²) in [6.07, 6.45) is 14.0. The van der Waals surface area contributed by atoms with Crippen molar-refractivity contribution in [2.45, 2.75) is 201 Å². The molecule has 12 heteroatoms. The van der Waals surface area contributed by atoms with Crippen LogP contribution in [0.5, 0.6) is 11.5 Å². The minimum absolute atomic E-state index is 0.0566. The highest BCUT2D eigenvalue weighted by molar-refractivity contribution is 6.32. The second-order valence-corrected chi connectivity index (χ2v) is 22.8. The second kappa shape index (κ2) is 19.9. The number of nitrogens with one attached hydrogen (secondary N) is 1. The normalized spacial score (nSPS) is 19.4. The van der Waals surface area contributed by atoms with E-state index in [4.69, 9.17) is 0 Å². The lowest BCUT2D eigenvalue weighted by Gasteiger charge is -2.43. The van der Waals surface area contributed by atoms with E-state index >= 15 is 0 Å². The number of urea groups is 2. The van der Waals surface area contributed by atoms with E-state index in [1.54, 1.807) is 18.2 Å². The molecular formula is C54H76N4O8. The van der Waals surface area contributed by atoms with Gasteiger partial charge < -0.3 is 10.2 Å². The number of benzene rings is 2. The molecule has 2 saturated carbocycles. The number of phenolic OH excluding ortho intramolecular Hbond substituents is 2. The molecular weight excluding hydrogens is 833 g/mol. The number of imide groups is 4. The Kier molecular flexibility index (Phi) is 15.6. The van der Waals surface area contributed by atoms with Crippen LogP contribution in [0.25, 0.3) is 12.2 Å². The number of aromatic hydroxyl groups is 2. The van der Waals surface area contributed by atoms with Gasteiger partial charge in [0.05, 0.1) is 0 Å². The fourth-order valence-corrected chi connectivity index (χ4v) is 9.40. The molecule has 0 unspecified atom stereocenters. The first-order valence-electron chi connectivity index (χ1n) is 24.2. The molecule has 0 radical (unpaired) electrons. The average Bonchev–Trinajstić information content (AvgIpc) is 3.21. The van der Waals surface area contributed by atoms with Crippen LogP contribution in [-0.4, -0.2) is 79.2 Å². The first kappa shape index (κ1) is 51.7. The minimum Gasteiger partial charge on any atom is -0.507 e. The van der Waals surface area contributed by atoms with Crippen LogP contribution in [0.1, 0.15) is 200 Å². The molecule has 2 aromatic carbocycles. The molecule has 0 spiro atoms. The maximum atomic E-state index is 13.8. The molecule has 2 aliphatic heterocycles. The van der Waals surface area contributed by atoms with E-state index in [1.807, 2.05) is 102 Å². The van der Waals surface area contributed by atoms with E-state index in [1.165, 1.54) is 15.9 Å². The van der Waals surface area contributed by atoms with Crippen LogP contribution in [0.4, 0.5) is 9.59 Å². The van der Waals surface area contributed by atoms with Gasteiger partial charge in [-0.3, -0.25) is 39.2 Å². The summed E-state index contributed by atoms with van der Waals surface area (Å²) in [6.45, 7) is 26.4. The Morgan fingerprint density at radius 2 is 0.894 bits per heavy atom. The van der Waals surface area contributed by atoms with Gasteiger partial charge in [0.2, 0.25) is 0 Å². The monoisotopic (exact) mass is 909 g/mol. The topological polar surface area (TPSA) is 165 Å². The fourth-order valence-electron chi connectivity index (χ4n) is 9.40. The molecule has 360 valence electrons. The van der Waals surface area contributed by atoms with Crippen molar-refractivity contribution in [2.75, 3.05) is 6.54 Å². The van der Waals surface area contributed by atoms with Crippen molar-refractivity contribution in [2.24, 2.45) is 0 Å². The van der Waals surface area contributed by atoms with Crippen LogP contribution in [0.2, 0.25) is 0 Å². The number of amides is 8. The molecule has 0 bridgehead atoms. The lowest BCUT2D eigenvalue weighted by atomic mass is 9.78. The third-order valence-corrected chi connectivity index (χ3v) is 13.2. The van der Waals surface area contributed by atoms with Gasteiger partial charge in [-0.2, -0.15) is 0 Å². The third-order valence-electron chi connectivity index (χ3n) is 13.2. The zero-order valence-electron chi connectivity index (χ0n) is 42.0. The Hall–Kier alpha value is -5.26. The van der Waals surface area contributed by atoms with Crippen LogP contribution in [0.15, 0.2) is 35.4 Å². The van der Waals surface area contributed by atoms with Gasteiger partial charge in [0, 0.05) is 40.9 Å². The molecule has 2 saturated heterocycles. The summed E-state index contributed by atoms with van der Waals surface area (Å²) in [6, 6.07) is 5.92. The Morgan fingerprint density at radius 3 is 1.23 bits per heavy atom. The number of phenols is 2. The van der Waals surface area contributed by atoms with Crippen LogP contribution >= 0.6 is 0 Å². The van der Waals surface area contributed by atoms with Crippen LogP contribution in [0, 0.1) is 0 Å². The summed E-state index contributed by atoms with van der Waals surface area (Å²) in [5.74, 6) is -1.75. The summed E-state index contributed by atoms with van der Waals surface area (Å²) < 4.78 is 0. The van der Waals surface area contributed by atoms with E-state index in [-0.39, 0.29) is 62.9 Å². The van der Waals surface area contributed by atoms with E-state index in [9.17, 15) is 39.0 Å². The van der Waals surface area contributed by atoms with Crippen molar-refractivity contribution in [3.05, 3.63) is 68.8 Å². The number of carbonyl (C=O) groups is 6. The Morgan fingerprint density at radius 1 is 0.545 bits per heavy atom. The molecule has 4 fully saturated rings. The summed E-state index contributed by atoms with van der Waals surface area (Å²) in [7, 11) is 0. The summed E-state index contributed by atoms with van der Waals surface area (Å²) >= 11 is 0. The summed E-state index contributed by atoms with van der Waals surface area (Å²) in [5, 5.41) is 24.2. The lowest BCUT2D eigenvalue weighted by Crippen LogP contribution is -2.62. The van der Waals surface area contributed by atoms with Gasteiger partial charge >= 0.3 is 12.1 Å². The second-order valence-electron chi connectivity index (χ2n) is 22.8. The quantitative estimate of drug-likeness (QED) is 0.182. The van der Waals surface area contributed by atoms with Crippen molar-refractivity contribution in [1.29, 1.82) is 0 Å².